The molecule has 3 saturated carbocycles. The largest absolute Gasteiger partial charge is 0.370 e. The number of nitrogens with one attached hydrogen (secondary N) is 1. The summed E-state index contributed by atoms with van der Waals surface area (Å²) in [5, 5.41) is 3.26. The molecule has 0 aliphatic heterocycles. The summed E-state index contributed by atoms with van der Waals surface area (Å²) < 4.78 is 0. The molecule has 3 aliphatic carbocycles. The number of hydrogen-bond donors (Lipinski definition) is 2. The van der Waals surface area contributed by atoms with Crippen molar-refractivity contribution in [2.24, 2.45) is 28.5 Å². The van der Waals surface area contributed by atoms with E-state index in [0.717, 1.165) is 24.3 Å². The highest BCUT2D eigenvalue weighted by Crippen LogP contribution is 2.49. The van der Waals surface area contributed by atoms with Gasteiger partial charge in [0, 0.05) is 12.6 Å². The predicted octanol–water partition coefficient (Wildman–Crippen LogP) is 1.49. The smallest absolute Gasteiger partial charge is 0.188 e. The van der Waals surface area contributed by atoms with E-state index in [1.165, 1.54) is 38.5 Å². The van der Waals surface area contributed by atoms with Crippen molar-refractivity contribution < 1.29 is 0 Å². The Morgan fingerprint density at radius 2 is 1.73 bits per heavy atom. The lowest BCUT2D eigenvalue weighted by Crippen LogP contribution is -2.34. The molecule has 3 heteroatoms. The summed E-state index contributed by atoms with van der Waals surface area (Å²) in [6, 6.07) is 0.633. The van der Waals surface area contributed by atoms with Crippen LogP contribution in [-0.4, -0.2) is 18.5 Å². The van der Waals surface area contributed by atoms with Gasteiger partial charge >= 0.3 is 0 Å². The predicted molar refractivity (Wildman–Crippen MR) is 61.6 cm³/mol. The van der Waals surface area contributed by atoms with E-state index in [4.69, 9.17) is 5.73 Å². The molecular weight excluding hydrogens is 186 g/mol. The van der Waals surface area contributed by atoms with Crippen molar-refractivity contribution in [3.63, 3.8) is 0 Å². The first-order chi connectivity index (χ1) is 7.33. The van der Waals surface area contributed by atoms with Gasteiger partial charge in [0.2, 0.25) is 0 Å². The minimum atomic E-state index is 0.633. The molecule has 0 saturated heterocycles. The van der Waals surface area contributed by atoms with E-state index in [0.29, 0.717) is 12.0 Å². The zero-order valence-corrected chi connectivity index (χ0v) is 9.28. The topological polar surface area (TPSA) is 50.4 Å². The zero-order chi connectivity index (χ0) is 10.3. The fourth-order valence-corrected chi connectivity index (χ4v) is 2.42. The van der Waals surface area contributed by atoms with E-state index in [1.807, 2.05) is 0 Å². The Bertz CT molecular complexity index is 250. The van der Waals surface area contributed by atoms with E-state index in [2.05, 4.69) is 10.3 Å². The lowest BCUT2D eigenvalue weighted by molar-refractivity contribution is 0.417. The molecular formula is C12H21N3. The first-order valence-corrected chi connectivity index (χ1v) is 6.39. The molecule has 3 N–H and O–H groups in total. The van der Waals surface area contributed by atoms with E-state index < -0.39 is 0 Å². The van der Waals surface area contributed by atoms with Crippen molar-refractivity contribution in [2.45, 2.75) is 44.6 Å². The van der Waals surface area contributed by atoms with E-state index in [1.54, 1.807) is 0 Å². The van der Waals surface area contributed by atoms with E-state index in [-0.39, 0.29) is 0 Å². The SMILES string of the molecule is NC(=NCC(C1CC1)C1CC1)NC1CC1. The average Bonchev–Trinajstić information content (AvgIpc) is 3.04. The van der Waals surface area contributed by atoms with Crippen LogP contribution in [0.2, 0.25) is 0 Å². The molecule has 0 unspecified atom stereocenters. The molecule has 84 valence electrons. The second-order valence-electron chi connectivity index (χ2n) is 5.48. The summed E-state index contributed by atoms with van der Waals surface area (Å²) in [4.78, 5) is 4.51. The summed E-state index contributed by atoms with van der Waals surface area (Å²) >= 11 is 0. The van der Waals surface area contributed by atoms with Gasteiger partial charge < -0.3 is 11.1 Å². The number of hydrogen-bond acceptors (Lipinski definition) is 1. The van der Waals surface area contributed by atoms with Gasteiger partial charge in [-0.25, -0.2) is 0 Å². The number of rotatable bonds is 5. The fraction of sp³-hybridized carbons (Fsp3) is 0.917. The highest BCUT2D eigenvalue weighted by molar-refractivity contribution is 5.78. The van der Waals surface area contributed by atoms with Crippen LogP contribution in [0.15, 0.2) is 4.99 Å². The third-order valence-corrected chi connectivity index (χ3v) is 3.86. The third-order valence-electron chi connectivity index (χ3n) is 3.86. The van der Waals surface area contributed by atoms with Crippen molar-refractivity contribution in [1.29, 1.82) is 0 Å². The molecule has 3 fully saturated rings. The monoisotopic (exact) mass is 207 g/mol. The minimum Gasteiger partial charge on any atom is -0.370 e. The zero-order valence-electron chi connectivity index (χ0n) is 9.28. The van der Waals surface area contributed by atoms with E-state index in [9.17, 15) is 0 Å². The van der Waals surface area contributed by atoms with Crippen molar-refractivity contribution in [3.05, 3.63) is 0 Å². The highest BCUT2D eigenvalue weighted by Gasteiger charge is 2.41. The Morgan fingerprint density at radius 3 is 2.20 bits per heavy atom. The molecule has 0 aromatic rings. The summed E-state index contributed by atoms with van der Waals surface area (Å²) in [5.74, 6) is 3.50. The fourth-order valence-electron chi connectivity index (χ4n) is 2.42. The van der Waals surface area contributed by atoms with Gasteiger partial charge in [-0.05, 0) is 56.3 Å². The van der Waals surface area contributed by atoms with Gasteiger partial charge in [-0.15, -0.1) is 0 Å². The number of nitrogens with two attached hydrogens (primary N) is 1. The lowest BCUT2D eigenvalue weighted by atomic mass is 9.98. The Labute approximate surface area is 91.5 Å². The molecule has 0 spiro atoms. The van der Waals surface area contributed by atoms with Crippen LogP contribution < -0.4 is 11.1 Å². The second-order valence-corrected chi connectivity index (χ2v) is 5.48. The summed E-state index contributed by atoms with van der Waals surface area (Å²) in [6.07, 6.45) is 8.29. The van der Waals surface area contributed by atoms with Gasteiger partial charge in [-0.1, -0.05) is 0 Å². The van der Waals surface area contributed by atoms with E-state index >= 15 is 0 Å². The molecule has 0 aromatic carbocycles. The Morgan fingerprint density at radius 1 is 1.13 bits per heavy atom. The maximum atomic E-state index is 5.84. The molecule has 0 radical (unpaired) electrons. The Balaban J connectivity index is 1.48. The van der Waals surface area contributed by atoms with Gasteiger partial charge in [0.15, 0.2) is 5.96 Å². The van der Waals surface area contributed by atoms with Gasteiger partial charge in [-0.3, -0.25) is 4.99 Å². The summed E-state index contributed by atoms with van der Waals surface area (Å²) in [6.45, 7) is 0.973. The third kappa shape index (κ3) is 2.64. The van der Waals surface area contributed by atoms with Gasteiger partial charge in [0.25, 0.3) is 0 Å². The van der Waals surface area contributed by atoms with Crippen LogP contribution in [0.1, 0.15) is 38.5 Å². The van der Waals surface area contributed by atoms with Crippen LogP contribution >= 0.6 is 0 Å². The first-order valence-electron chi connectivity index (χ1n) is 6.39. The van der Waals surface area contributed by atoms with Gasteiger partial charge in [0.1, 0.15) is 0 Å². The average molecular weight is 207 g/mol. The molecule has 3 aliphatic rings. The molecule has 15 heavy (non-hydrogen) atoms. The molecule has 0 amide bonds. The summed E-state index contributed by atoms with van der Waals surface area (Å²) in [5.41, 5.74) is 5.84. The number of guanidine groups is 1. The lowest BCUT2D eigenvalue weighted by Gasteiger charge is -2.12. The summed E-state index contributed by atoms with van der Waals surface area (Å²) in [7, 11) is 0. The van der Waals surface area contributed by atoms with Gasteiger partial charge in [-0.2, -0.15) is 0 Å². The molecule has 0 atom stereocenters. The highest BCUT2D eigenvalue weighted by atomic mass is 15.1. The maximum absolute atomic E-state index is 5.84. The first kappa shape index (κ1) is 9.49. The van der Waals surface area contributed by atoms with Crippen LogP contribution in [0.3, 0.4) is 0 Å². The molecule has 0 bridgehead atoms. The van der Waals surface area contributed by atoms with Crippen LogP contribution in [0.25, 0.3) is 0 Å². The molecule has 0 heterocycles. The standard InChI is InChI=1S/C12H21N3/c13-12(15-10-5-6-10)14-7-11(8-1-2-8)9-3-4-9/h8-11H,1-7H2,(H3,13,14,15). The van der Waals surface area contributed by atoms with Gasteiger partial charge in [0.05, 0.1) is 0 Å². The second kappa shape index (κ2) is 3.69. The Hall–Kier alpha value is -0.730. The van der Waals surface area contributed by atoms with Crippen LogP contribution in [0.4, 0.5) is 0 Å². The quantitative estimate of drug-likeness (QED) is 0.530. The Kier molecular flexibility index (Phi) is 2.33. The van der Waals surface area contributed by atoms with Crippen molar-refractivity contribution in [1.82, 2.24) is 5.32 Å². The number of nitrogens with zero attached hydrogens (tertiary/aromatic N) is 1. The van der Waals surface area contributed by atoms with Crippen LogP contribution in [0, 0.1) is 17.8 Å². The van der Waals surface area contributed by atoms with Crippen LogP contribution in [0.5, 0.6) is 0 Å². The normalized spacial score (nSPS) is 27.1. The van der Waals surface area contributed by atoms with Crippen molar-refractivity contribution >= 4 is 5.96 Å². The number of aliphatic imine (C=N–C) groups is 1. The van der Waals surface area contributed by atoms with Crippen LogP contribution in [-0.2, 0) is 0 Å². The molecule has 3 rings (SSSR count). The molecule has 3 nitrogen and oxygen atoms in total. The maximum Gasteiger partial charge on any atom is 0.188 e. The van der Waals surface area contributed by atoms with Crippen molar-refractivity contribution in [2.75, 3.05) is 6.54 Å². The van der Waals surface area contributed by atoms with Crippen molar-refractivity contribution in [3.8, 4) is 0 Å². The molecule has 0 aromatic heterocycles. The minimum absolute atomic E-state index is 0.633.